The molecule has 0 N–H and O–H groups in total. The first-order valence-electron chi connectivity index (χ1n) is 9.21. The number of aryl methyl sites for hydroxylation is 1. The lowest BCUT2D eigenvalue weighted by atomic mass is 9.98. The number of esters is 1. The second-order valence-electron chi connectivity index (χ2n) is 6.37. The number of hydrogen-bond donors (Lipinski definition) is 0. The number of rotatable bonds is 6. The summed E-state index contributed by atoms with van der Waals surface area (Å²) in [5.74, 6) is -0.378. The largest absolute Gasteiger partial charge is 0.464 e. The van der Waals surface area contributed by atoms with Gasteiger partial charge < -0.3 is 4.74 Å². The maximum absolute atomic E-state index is 12.8. The first-order chi connectivity index (χ1) is 13.6. The van der Waals surface area contributed by atoms with Gasteiger partial charge in [0.2, 0.25) is 0 Å². The third-order valence-corrected chi connectivity index (χ3v) is 4.62. The van der Waals surface area contributed by atoms with Crippen LogP contribution in [0.25, 0.3) is 0 Å². The zero-order valence-electron chi connectivity index (χ0n) is 15.9. The van der Waals surface area contributed by atoms with E-state index in [9.17, 15) is 4.79 Å². The summed E-state index contributed by atoms with van der Waals surface area (Å²) in [6.45, 7) is 4.01. The highest BCUT2D eigenvalue weighted by molar-refractivity contribution is 6.30. The van der Waals surface area contributed by atoms with Gasteiger partial charge in [0.15, 0.2) is 6.04 Å². The van der Waals surface area contributed by atoms with Gasteiger partial charge in [0, 0.05) is 16.1 Å². The maximum Gasteiger partial charge on any atom is 0.335 e. The molecule has 1 atom stereocenters. The van der Waals surface area contributed by atoms with Crippen LogP contribution in [0.1, 0.15) is 35.2 Å². The van der Waals surface area contributed by atoms with Crippen molar-refractivity contribution in [1.29, 1.82) is 0 Å². The molecule has 0 fully saturated rings. The predicted molar refractivity (Wildman–Crippen MR) is 114 cm³/mol. The molecule has 4 heteroatoms. The molecule has 3 aromatic rings. The molecule has 0 aromatic heterocycles. The lowest BCUT2D eigenvalue weighted by Gasteiger charge is -2.17. The quantitative estimate of drug-likeness (QED) is 0.394. The standard InChI is InChI=1S/C24H22ClNO2/c1-3-28-24(27)23(21-15-14-20(25)16-17(21)2)26-22(18-10-6-4-7-11-18)19-12-8-5-9-13-19/h4-16,23H,3H2,1-2H3. The Labute approximate surface area is 170 Å². The fourth-order valence-corrected chi connectivity index (χ4v) is 3.28. The highest BCUT2D eigenvalue weighted by Gasteiger charge is 2.24. The summed E-state index contributed by atoms with van der Waals surface area (Å²) < 4.78 is 5.34. The van der Waals surface area contributed by atoms with E-state index >= 15 is 0 Å². The van der Waals surface area contributed by atoms with Crippen molar-refractivity contribution < 1.29 is 9.53 Å². The van der Waals surface area contributed by atoms with E-state index in [1.807, 2.05) is 79.7 Å². The normalized spacial score (nSPS) is 11.5. The number of nitrogens with zero attached hydrogens (tertiary/aromatic N) is 1. The minimum Gasteiger partial charge on any atom is -0.464 e. The molecule has 0 saturated heterocycles. The van der Waals surface area contributed by atoms with Gasteiger partial charge in [0.1, 0.15) is 0 Å². The number of hydrogen-bond acceptors (Lipinski definition) is 3. The number of carbonyl (C=O) groups excluding carboxylic acids is 1. The zero-order valence-corrected chi connectivity index (χ0v) is 16.7. The van der Waals surface area contributed by atoms with Gasteiger partial charge in [-0.15, -0.1) is 0 Å². The fraction of sp³-hybridized carbons (Fsp3) is 0.167. The summed E-state index contributed by atoms with van der Waals surface area (Å²) >= 11 is 6.11. The SMILES string of the molecule is CCOC(=O)C(N=C(c1ccccc1)c1ccccc1)c1ccc(Cl)cc1C. The molecule has 0 spiro atoms. The highest BCUT2D eigenvalue weighted by atomic mass is 35.5. The van der Waals surface area contributed by atoms with Gasteiger partial charge in [-0.1, -0.05) is 78.3 Å². The Morgan fingerprint density at radius 2 is 1.54 bits per heavy atom. The van der Waals surface area contributed by atoms with Crippen molar-refractivity contribution in [1.82, 2.24) is 0 Å². The third-order valence-electron chi connectivity index (χ3n) is 4.39. The van der Waals surface area contributed by atoms with Crippen molar-refractivity contribution in [2.75, 3.05) is 6.61 Å². The van der Waals surface area contributed by atoms with Gasteiger partial charge in [-0.25, -0.2) is 4.79 Å². The molecule has 0 aliphatic carbocycles. The van der Waals surface area contributed by atoms with Gasteiger partial charge in [-0.05, 0) is 37.1 Å². The van der Waals surface area contributed by atoms with E-state index in [1.54, 1.807) is 13.0 Å². The van der Waals surface area contributed by atoms with Crippen LogP contribution in [0.4, 0.5) is 0 Å². The molecule has 0 amide bonds. The molecule has 0 saturated carbocycles. The van der Waals surface area contributed by atoms with Crippen molar-refractivity contribution >= 4 is 23.3 Å². The van der Waals surface area contributed by atoms with Crippen molar-refractivity contribution in [3.63, 3.8) is 0 Å². The Balaban J connectivity index is 2.18. The van der Waals surface area contributed by atoms with Crippen molar-refractivity contribution in [2.24, 2.45) is 4.99 Å². The average molecular weight is 392 g/mol. The molecular weight excluding hydrogens is 370 g/mol. The predicted octanol–water partition coefficient (Wildman–Crippen LogP) is 5.79. The first kappa shape index (κ1) is 19.8. The first-order valence-corrected chi connectivity index (χ1v) is 9.59. The van der Waals surface area contributed by atoms with Crippen LogP contribution in [0.15, 0.2) is 83.9 Å². The van der Waals surface area contributed by atoms with Crippen molar-refractivity contribution in [3.8, 4) is 0 Å². The molecule has 3 aromatic carbocycles. The van der Waals surface area contributed by atoms with Gasteiger partial charge in [-0.3, -0.25) is 4.99 Å². The number of ether oxygens (including phenoxy) is 1. The molecule has 3 nitrogen and oxygen atoms in total. The monoisotopic (exact) mass is 391 g/mol. The minimum absolute atomic E-state index is 0.295. The Kier molecular flexibility index (Phi) is 6.62. The molecule has 0 aliphatic heterocycles. The Morgan fingerprint density at radius 3 is 2.04 bits per heavy atom. The van der Waals surface area contributed by atoms with Crippen LogP contribution < -0.4 is 0 Å². The van der Waals surface area contributed by atoms with Crippen molar-refractivity contribution in [2.45, 2.75) is 19.9 Å². The van der Waals surface area contributed by atoms with Crippen LogP contribution in [0.2, 0.25) is 5.02 Å². The summed E-state index contributed by atoms with van der Waals surface area (Å²) in [4.78, 5) is 17.7. The Hall–Kier alpha value is -2.91. The number of benzene rings is 3. The molecule has 142 valence electrons. The molecule has 0 radical (unpaired) electrons. The fourth-order valence-electron chi connectivity index (χ4n) is 3.05. The highest BCUT2D eigenvalue weighted by Crippen LogP contribution is 2.27. The van der Waals surface area contributed by atoms with E-state index in [0.29, 0.717) is 11.6 Å². The molecule has 0 heterocycles. The van der Waals surface area contributed by atoms with E-state index < -0.39 is 6.04 Å². The van der Waals surface area contributed by atoms with E-state index in [-0.39, 0.29) is 5.97 Å². The lowest BCUT2D eigenvalue weighted by Crippen LogP contribution is -2.18. The molecule has 3 rings (SSSR count). The van der Waals surface area contributed by atoms with Gasteiger partial charge in [0.05, 0.1) is 12.3 Å². The van der Waals surface area contributed by atoms with E-state index in [4.69, 9.17) is 21.3 Å². The van der Waals surface area contributed by atoms with Crippen LogP contribution in [0, 0.1) is 6.92 Å². The second kappa shape index (κ2) is 9.34. The van der Waals surface area contributed by atoms with Gasteiger partial charge >= 0.3 is 5.97 Å². The maximum atomic E-state index is 12.8. The zero-order chi connectivity index (χ0) is 19.9. The van der Waals surface area contributed by atoms with Crippen molar-refractivity contribution in [3.05, 3.63) is 106 Å². The summed E-state index contributed by atoms with van der Waals surface area (Å²) in [6, 6.07) is 24.4. The number of halogens is 1. The van der Waals surface area contributed by atoms with E-state index in [0.717, 1.165) is 28.0 Å². The van der Waals surface area contributed by atoms with Gasteiger partial charge in [0.25, 0.3) is 0 Å². The van der Waals surface area contributed by atoms with Crippen LogP contribution >= 0.6 is 11.6 Å². The topological polar surface area (TPSA) is 38.7 Å². The third kappa shape index (κ3) is 4.68. The van der Waals surface area contributed by atoms with E-state index in [2.05, 4.69) is 0 Å². The molecule has 0 aliphatic rings. The van der Waals surface area contributed by atoms with E-state index in [1.165, 1.54) is 0 Å². The number of carbonyl (C=O) groups is 1. The average Bonchev–Trinajstić information content (AvgIpc) is 2.71. The minimum atomic E-state index is -0.771. The lowest BCUT2D eigenvalue weighted by molar-refractivity contribution is -0.144. The summed E-state index contributed by atoms with van der Waals surface area (Å²) in [5.41, 5.74) is 4.31. The smallest absolute Gasteiger partial charge is 0.335 e. The Bertz CT molecular complexity index is 927. The number of aliphatic imine (C=N–C) groups is 1. The molecule has 0 bridgehead atoms. The van der Waals surface area contributed by atoms with Crippen LogP contribution in [-0.2, 0) is 9.53 Å². The van der Waals surface area contributed by atoms with Crippen LogP contribution in [0.3, 0.4) is 0 Å². The van der Waals surface area contributed by atoms with Crippen LogP contribution in [0.5, 0.6) is 0 Å². The molecular formula is C24H22ClNO2. The van der Waals surface area contributed by atoms with Gasteiger partial charge in [-0.2, -0.15) is 0 Å². The molecule has 1 unspecified atom stereocenters. The summed E-state index contributed by atoms with van der Waals surface area (Å²) in [7, 11) is 0. The summed E-state index contributed by atoms with van der Waals surface area (Å²) in [6.07, 6.45) is 0. The van der Waals surface area contributed by atoms with Crippen LogP contribution in [-0.4, -0.2) is 18.3 Å². The second-order valence-corrected chi connectivity index (χ2v) is 6.80. The molecule has 28 heavy (non-hydrogen) atoms. The summed E-state index contributed by atoms with van der Waals surface area (Å²) in [5, 5.41) is 0.624. The Morgan fingerprint density at radius 1 is 0.964 bits per heavy atom.